The Kier molecular flexibility index (Phi) is 3.05. The molecule has 0 aliphatic carbocycles. The van der Waals surface area contributed by atoms with Crippen LogP contribution in [0.2, 0.25) is 0 Å². The molecule has 0 saturated heterocycles. The van der Waals surface area contributed by atoms with Crippen LogP contribution in [-0.2, 0) is 4.33 Å². The van der Waals surface area contributed by atoms with Gasteiger partial charge in [-0.15, -0.1) is 0 Å². The number of alkyl halides is 5. The van der Waals surface area contributed by atoms with E-state index in [2.05, 4.69) is 0 Å². The summed E-state index contributed by atoms with van der Waals surface area (Å²) in [6, 6.07) is 7.54. The average molecular weight is 245 g/mol. The summed E-state index contributed by atoms with van der Waals surface area (Å²) < 4.78 is 23.0. The second-order valence-electron chi connectivity index (χ2n) is 2.44. The van der Waals surface area contributed by atoms with Gasteiger partial charge < -0.3 is 0 Å². The summed E-state index contributed by atoms with van der Waals surface area (Å²) >= 11 is 15.6. The fraction of sp³-hybridized carbons (Fsp3) is 0.250. The molecule has 0 spiro atoms. The first-order valence-electron chi connectivity index (χ1n) is 3.36. The van der Waals surface area contributed by atoms with Crippen molar-refractivity contribution in [2.24, 2.45) is 0 Å². The lowest BCUT2D eigenvalue weighted by Gasteiger charge is -2.24. The number of hydrogen-bond donors (Lipinski definition) is 0. The van der Waals surface area contributed by atoms with Crippen molar-refractivity contribution < 1.29 is 8.78 Å². The molecule has 5 heteroatoms. The third-order valence-electron chi connectivity index (χ3n) is 1.49. The quantitative estimate of drug-likeness (QED) is 0.687. The van der Waals surface area contributed by atoms with Gasteiger partial charge in [-0.1, -0.05) is 53.5 Å². The van der Waals surface area contributed by atoms with Crippen molar-refractivity contribution in [3.05, 3.63) is 35.9 Å². The highest BCUT2D eigenvalue weighted by atomic mass is 35.5. The van der Waals surface area contributed by atoms with Crippen molar-refractivity contribution in [1.82, 2.24) is 0 Å². The van der Waals surface area contributed by atoms with Gasteiger partial charge in [0.25, 0.3) is 0 Å². The van der Waals surface area contributed by atoms with Crippen LogP contribution in [0.5, 0.6) is 0 Å². The van der Waals surface area contributed by atoms with Gasteiger partial charge in [-0.2, -0.15) is 8.78 Å². The molecule has 0 radical (unpaired) electrons. The Morgan fingerprint density at radius 1 is 0.923 bits per heavy atom. The van der Waals surface area contributed by atoms with Crippen molar-refractivity contribution in [2.75, 3.05) is 0 Å². The summed E-state index contributed by atoms with van der Waals surface area (Å²) in [6.45, 7) is 0. The number of hydrogen-bond acceptors (Lipinski definition) is 0. The van der Waals surface area contributed by atoms with Crippen LogP contribution < -0.4 is 0 Å². The minimum absolute atomic E-state index is 0.0679. The zero-order chi connectivity index (χ0) is 10.1. The molecule has 13 heavy (non-hydrogen) atoms. The molecule has 0 atom stereocenters. The summed E-state index contributed by atoms with van der Waals surface area (Å²) in [5, 5.41) is -3.70. The first-order chi connectivity index (χ1) is 5.86. The molecule has 1 rings (SSSR count). The van der Waals surface area contributed by atoms with Crippen LogP contribution in [0.25, 0.3) is 0 Å². The number of benzene rings is 1. The smallest absolute Gasteiger partial charge is 0.184 e. The minimum atomic E-state index is -3.70. The predicted molar refractivity (Wildman–Crippen MR) is 50.6 cm³/mol. The van der Waals surface area contributed by atoms with Crippen LogP contribution in [-0.4, -0.2) is 5.38 Å². The summed E-state index contributed by atoms with van der Waals surface area (Å²) in [5.41, 5.74) is 0.0679. The molecule has 0 N–H and O–H groups in total. The Balaban J connectivity index is 3.08. The largest absolute Gasteiger partial charge is 0.358 e. The molecule has 1 aromatic carbocycles. The van der Waals surface area contributed by atoms with Crippen molar-refractivity contribution >= 4 is 34.8 Å². The van der Waals surface area contributed by atoms with Crippen molar-refractivity contribution in [1.29, 1.82) is 0 Å². The number of halogens is 5. The normalized spacial score (nSPS) is 13.0. The molecule has 72 valence electrons. The van der Waals surface area contributed by atoms with E-state index < -0.39 is 9.72 Å². The Morgan fingerprint density at radius 3 is 1.77 bits per heavy atom. The van der Waals surface area contributed by atoms with Gasteiger partial charge in [0.15, 0.2) is 0 Å². The molecule has 0 saturated carbocycles. The standard InChI is InChI=1S/C8H5Cl3F2/c9-7(10,8(11,12)13)6-4-2-1-3-5-6/h1-5H. The molecule has 0 heterocycles. The lowest BCUT2D eigenvalue weighted by atomic mass is 10.1. The topological polar surface area (TPSA) is 0 Å². The highest BCUT2D eigenvalue weighted by Gasteiger charge is 2.51. The number of rotatable bonds is 2. The monoisotopic (exact) mass is 244 g/mol. The summed E-state index contributed by atoms with van der Waals surface area (Å²) in [4.78, 5) is 0. The molecule has 0 aliphatic heterocycles. The van der Waals surface area contributed by atoms with E-state index in [0.717, 1.165) is 0 Å². The highest BCUT2D eigenvalue weighted by molar-refractivity contribution is 6.52. The average Bonchev–Trinajstić information content (AvgIpc) is 2.04. The van der Waals surface area contributed by atoms with E-state index in [4.69, 9.17) is 34.8 Å². The van der Waals surface area contributed by atoms with Crippen LogP contribution >= 0.6 is 34.8 Å². The maximum atomic E-state index is 12.7. The lowest BCUT2D eigenvalue weighted by Crippen LogP contribution is -2.30. The van der Waals surface area contributed by atoms with Gasteiger partial charge in [0.1, 0.15) is 0 Å². The minimum Gasteiger partial charge on any atom is -0.184 e. The molecule has 1 aromatic rings. The second-order valence-corrected chi connectivity index (χ2v) is 4.24. The van der Waals surface area contributed by atoms with Gasteiger partial charge >= 0.3 is 5.38 Å². The SMILES string of the molecule is FC(F)(Cl)C(Cl)(Cl)c1ccccc1. The van der Waals surface area contributed by atoms with E-state index >= 15 is 0 Å². The zero-order valence-corrected chi connectivity index (χ0v) is 8.54. The van der Waals surface area contributed by atoms with E-state index in [9.17, 15) is 8.78 Å². The van der Waals surface area contributed by atoms with Gasteiger partial charge in [-0.25, -0.2) is 0 Å². The van der Waals surface area contributed by atoms with Crippen LogP contribution in [0.15, 0.2) is 30.3 Å². The lowest BCUT2D eigenvalue weighted by molar-refractivity contribution is 0.0756. The molecule has 0 bridgehead atoms. The fourth-order valence-electron chi connectivity index (χ4n) is 0.811. The molecule has 0 fully saturated rings. The van der Waals surface area contributed by atoms with Gasteiger partial charge in [0.2, 0.25) is 4.33 Å². The molecule has 0 amide bonds. The van der Waals surface area contributed by atoms with E-state index in [-0.39, 0.29) is 5.56 Å². The van der Waals surface area contributed by atoms with Gasteiger partial charge in [0, 0.05) is 0 Å². The summed E-state index contributed by atoms with van der Waals surface area (Å²) in [7, 11) is 0. The predicted octanol–water partition coefficient (Wildman–Crippen LogP) is 4.15. The fourth-order valence-corrected chi connectivity index (χ4v) is 1.17. The van der Waals surface area contributed by atoms with E-state index in [1.807, 2.05) is 0 Å². The molecule has 0 aromatic heterocycles. The summed E-state index contributed by atoms with van der Waals surface area (Å²) in [6.07, 6.45) is 0. The third-order valence-corrected chi connectivity index (χ3v) is 2.88. The van der Waals surface area contributed by atoms with Crippen LogP contribution in [0.3, 0.4) is 0 Å². The Hall–Kier alpha value is -0.0500. The van der Waals surface area contributed by atoms with Crippen LogP contribution in [0.1, 0.15) is 5.56 Å². The van der Waals surface area contributed by atoms with Crippen molar-refractivity contribution in [3.63, 3.8) is 0 Å². The Bertz CT molecular complexity index is 279. The van der Waals surface area contributed by atoms with Crippen molar-refractivity contribution in [3.8, 4) is 0 Å². The third kappa shape index (κ3) is 2.25. The van der Waals surface area contributed by atoms with Gasteiger partial charge in [0.05, 0.1) is 0 Å². The molecular weight excluding hydrogens is 240 g/mol. The highest BCUT2D eigenvalue weighted by Crippen LogP contribution is 2.49. The zero-order valence-electron chi connectivity index (χ0n) is 6.28. The molecular formula is C8H5Cl3F2. The first kappa shape index (κ1) is 11.0. The molecule has 0 unspecified atom stereocenters. The summed E-state index contributed by atoms with van der Waals surface area (Å²) in [5.74, 6) is 0. The molecule has 0 nitrogen and oxygen atoms in total. The second kappa shape index (κ2) is 3.60. The maximum absolute atomic E-state index is 12.7. The first-order valence-corrected chi connectivity index (χ1v) is 4.49. The van der Waals surface area contributed by atoms with Gasteiger partial charge in [-0.05, 0) is 17.2 Å². The Morgan fingerprint density at radius 2 is 1.38 bits per heavy atom. The van der Waals surface area contributed by atoms with E-state index in [0.29, 0.717) is 0 Å². The molecule has 0 aliphatic rings. The maximum Gasteiger partial charge on any atom is 0.358 e. The van der Waals surface area contributed by atoms with Crippen LogP contribution in [0.4, 0.5) is 8.78 Å². The van der Waals surface area contributed by atoms with Crippen LogP contribution in [0, 0.1) is 0 Å². The van der Waals surface area contributed by atoms with E-state index in [1.54, 1.807) is 18.2 Å². The van der Waals surface area contributed by atoms with Gasteiger partial charge in [-0.3, -0.25) is 0 Å². The van der Waals surface area contributed by atoms with E-state index in [1.165, 1.54) is 12.1 Å². The van der Waals surface area contributed by atoms with Crippen molar-refractivity contribution in [2.45, 2.75) is 9.72 Å². The Labute approximate surface area is 89.4 Å².